The Bertz CT molecular complexity index is 463. The molecule has 1 N–H and O–H groups in total. The van der Waals surface area contributed by atoms with Crippen LogP contribution in [0.4, 0.5) is 5.95 Å². The second kappa shape index (κ2) is 3.68. The van der Waals surface area contributed by atoms with Crippen molar-refractivity contribution in [3.8, 4) is 0 Å². The van der Waals surface area contributed by atoms with Crippen molar-refractivity contribution < 1.29 is 9.90 Å². The van der Waals surface area contributed by atoms with Gasteiger partial charge in [-0.05, 0) is 32.3 Å². The predicted molar refractivity (Wildman–Crippen MR) is 61.8 cm³/mol. The van der Waals surface area contributed by atoms with Crippen molar-refractivity contribution in [1.29, 1.82) is 0 Å². The molecular weight excluding hydrogens is 218 g/mol. The normalized spacial score (nSPS) is 30.9. The molecule has 0 spiro atoms. The van der Waals surface area contributed by atoms with Gasteiger partial charge in [-0.25, -0.2) is 9.97 Å². The van der Waals surface area contributed by atoms with Gasteiger partial charge in [0.25, 0.3) is 0 Å². The molecule has 3 heterocycles. The fourth-order valence-corrected chi connectivity index (χ4v) is 3.13. The van der Waals surface area contributed by atoms with Gasteiger partial charge in [0.05, 0.1) is 5.92 Å². The van der Waals surface area contributed by atoms with Crippen molar-refractivity contribution in [2.24, 2.45) is 5.92 Å². The summed E-state index contributed by atoms with van der Waals surface area (Å²) in [5.74, 6) is -0.242. The van der Waals surface area contributed by atoms with E-state index in [0.29, 0.717) is 12.0 Å². The summed E-state index contributed by atoms with van der Waals surface area (Å²) in [5.41, 5.74) is 0.924. The summed E-state index contributed by atoms with van der Waals surface area (Å²) in [6.45, 7) is 1.93. The van der Waals surface area contributed by atoms with Gasteiger partial charge >= 0.3 is 5.97 Å². The molecule has 2 saturated heterocycles. The molecule has 0 saturated carbocycles. The van der Waals surface area contributed by atoms with Gasteiger partial charge in [0, 0.05) is 24.0 Å². The van der Waals surface area contributed by atoms with Crippen LogP contribution < -0.4 is 4.90 Å². The molecule has 17 heavy (non-hydrogen) atoms. The van der Waals surface area contributed by atoms with Gasteiger partial charge in [-0.3, -0.25) is 4.79 Å². The third-order valence-electron chi connectivity index (χ3n) is 3.87. The molecule has 3 unspecified atom stereocenters. The Balaban J connectivity index is 1.93. The van der Waals surface area contributed by atoms with Gasteiger partial charge in [0.1, 0.15) is 0 Å². The second-order valence-corrected chi connectivity index (χ2v) is 4.88. The van der Waals surface area contributed by atoms with Crippen molar-refractivity contribution in [3.05, 3.63) is 18.0 Å². The van der Waals surface area contributed by atoms with Gasteiger partial charge in [-0.1, -0.05) is 0 Å². The fraction of sp³-hybridized carbons (Fsp3) is 0.583. The van der Waals surface area contributed by atoms with Crippen LogP contribution in [-0.2, 0) is 4.79 Å². The number of hydrogen-bond acceptors (Lipinski definition) is 4. The lowest BCUT2D eigenvalue weighted by Crippen LogP contribution is -2.34. The van der Waals surface area contributed by atoms with Gasteiger partial charge in [-0.2, -0.15) is 0 Å². The number of carboxylic acids is 1. The Morgan fingerprint density at radius 2 is 2.35 bits per heavy atom. The van der Waals surface area contributed by atoms with Crippen LogP contribution in [0.3, 0.4) is 0 Å². The topological polar surface area (TPSA) is 66.3 Å². The Morgan fingerprint density at radius 1 is 1.53 bits per heavy atom. The summed E-state index contributed by atoms with van der Waals surface area (Å²) >= 11 is 0. The van der Waals surface area contributed by atoms with E-state index in [0.717, 1.165) is 25.0 Å². The van der Waals surface area contributed by atoms with E-state index in [1.807, 2.05) is 13.0 Å². The molecular formula is C12H15N3O2. The third-order valence-corrected chi connectivity index (χ3v) is 3.87. The van der Waals surface area contributed by atoms with Crippen LogP contribution in [0, 0.1) is 12.8 Å². The van der Waals surface area contributed by atoms with E-state index in [2.05, 4.69) is 14.9 Å². The maximum Gasteiger partial charge on any atom is 0.308 e. The number of rotatable bonds is 2. The molecule has 2 aliphatic heterocycles. The van der Waals surface area contributed by atoms with Crippen LogP contribution >= 0.6 is 0 Å². The van der Waals surface area contributed by atoms with Crippen LogP contribution in [0.2, 0.25) is 0 Å². The number of carbonyl (C=O) groups is 1. The standard InChI is InChI=1S/C12H15N3O2/c1-7-4-5-13-12(14-7)15-8-2-3-10(15)9(6-8)11(16)17/h4-5,8-10H,2-3,6H2,1H3,(H,16,17). The summed E-state index contributed by atoms with van der Waals surface area (Å²) in [6.07, 6.45) is 4.48. The Labute approximate surface area is 99.5 Å². The average Bonchev–Trinajstić information content (AvgIpc) is 2.85. The number of nitrogens with zero attached hydrogens (tertiary/aromatic N) is 3. The average molecular weight is 233 g/mol. The minimum atomic E-state index is -0.685. The number of anilines is 1. The SMILES string of the molecule is Cc1ccnc(N2C3CCC2C(C(=O)O)C3)n1. The largest absolute Gasteiger partial charge is 0.481 e. The Kier molecular flexibility index (Phi) is 2.28. The maximum absolute atomic E-state index is 11.2. The predicted octanol–water partition coefficient (Wildman–Crippen LogP) is 1.23. The van der Waals surface area contributed by atoms with Gasteiger partial charge in [-0.15, -0.1) is 0 Å². The highest BCUT2D eigenvalue weighted by Crippen LogP contribution is 2.43. The lowest BCUT2D eigenvalue weighted by molar-refractivity contribution is -0.142. The van der Waals surface area contributed by atoms with E-state index in [1.54, 1.807) is 6.20 Å². The molecule has 0 aromatic carbocycles. The van der Waals surface area contributed by atoms with Crippen molar-refractivity contribution in [1.82, 2.24) is 9.97 Å². The molecule has 0 radical (unpaired) electrons. The summed E-state index contributed by atoms with van der Waals surface area (Å²) in [5, 5.41) is 9.19. The molecule has 3 rings (SSSR count). The number of fused-ring (bicyclic) bond motifs is 2. The van der Waals surface area contributed by atoms with Crippen molar-refractivity contribution >= 4 is 11.9 Å². The van der Waals surface area contributed by atoms with Crippen LogP contribution in [0.15, 0.2) is 12.3 Å². The third kappa shape index (κ3) is 1.57. The van der Waals surface area contributed by atoms with E-state index in [-0.39, 0.29) is 12.0 Å². The highest BCUT2D eigenvalue weighted by Gasteiger charge is 2.50. The van der Waals surface area contributed by atoms with Crippen LogP contribution in [0.5, 0.6) is 0 Å². The van der Waals surface area contributed by atoms with Crippen LogP contribution in [0.25, 0.3) is 0 Å². The Morgan fingerprint density at radius 3 is 3.00 bits per heavy atom. The summed E-state index contributed by atoms with van der Waals surface area (Å²) < 4.78 is 0. The van der Waals surface area contributed by atoms with Crippen molar-refractivity contribution in [2.45, 2.75) is 38.3 Å². The summed E-state index contributed by atoms with van der Waals surface area (Å²) in [7, 11) is 0. The van der Waals surface area contributed by atoms with E-state index in [9.17, 15) is 9.90 Å². The zero-order valence-electron chi connectivity index (χ0n) is 9.71. The molecule has 2 bridgehead atoms. The molecule has 2 aliphatic rings. The summed E-state index contributed by atoms with van der Waals surface area (Å²) in [4.78, 5) is 22.0. The minimum absolute atomic E-state index is 0.0827. The smallest absolute Gasteiger partial charge is 0.308 e. The molecule has 1 aromatic rings. The minimum Gasteiger partial charge on any atom is -0.481 e. The lowest BCUT2D eigenvalue weighted by atomic mass is 9.89. The number of carboxylic acid groups (broad SMARTS) is 1. The van der Waals surface area contributed by atoms with E-state index < -0.39 is 5.97 Å². The van der Waals surface area contributed by atoms with Crippen LogP contribution in [0.1, 0.15) is 25.0 Å². The molecule has 90 valence electrons. The van der Waals surface area contributed by atoms with E-state index in [1.165, 1.54) is 0 Å². The first-order chi connectivity index (χ1) is 8.16. The van der Waals surface area contributed by atoms with Crippen molar-refractivity contribution in [3.63, 3.8) is 0 Å². The first-order valence-corrected chi connectivity index (χ1v) is 5.97. The Hall–Kier alpha value is -1.65. The fourth-order valence-electron chi connectivity index (χ4n) is 3.13. The number of hydrogen-bond donors (Lipinski definition) is 1. The van der Waals surface area contributed by atoms with Crippen molar-refractivity contribution in [2.75, 3.05) is 4.90 Å². The second-order valence-electron chi connectivity index (χ2n) is 4.88. The molecule has 0 amide bonds. The van der Waals surface area contributed by atoms with Gasteiger partial charge in [0.15, 0.2) is 0 Å². The molecule has 0 aliphatic carbocycles. The molecule has 5 nitrogen and oxygen atoms in total. The zero-order valence-corrected chi connectivity index (χ0v) is 9.71. The van der Waals surface area contributed by atoms with Gasteiger partial charge in [0.2, 0.25) is 5.95 Å². The molecule has 3 atom stereocenters. The summed E-state index contributed by atoms with van der Waals surface area (Å²) in [6, 6.07) is 2.25. The molecule has 2 fully saturated rings. The quantitative estimate of drug-likeness (QED) is 0.832. The van der Waals surface area contributed by atoms with Gasteiger partial charge < -0.3 is 10.0 Å². The first-order valence-electron chi connectivity index (χ1n) is 5.97. The zero-order chi connectivity index (χ0) is 12.0. The number of aliphatic carboxylic acids is 1. The highest BCUT2D eigenvalue weighted by atomic mass is 16.4. The number of aryl methyl sites for hydroxylation is 1. The highest BCUT2D eigenvalue weighted by molar-refractivity contribution is 5.73. The molecule has 5 heteroatoms. The monoisotopic (exact) mass is 233 g/mol. The number of aromatic nitrogens is 2. The van der Waals surface area contributed by atoms with Crippen LogP contribution in [-0.4, -0.2) is 33.1 Å². The maximum atomic E-state index is 11.2. The molecule has 1 aromatic heterocycles. The lowest BCUT2D eigenvalue weighted by Gasteiger charge is -2.22. The first kappa shape index (κ1) is 10.5. The van der Waals surface area contributed by atoms with E-state index >= 15 is 0 Å². The van der Waals surface area contributed by atoms with E-state index in [4.69, 9.17) is 0 Å².